The Kier molecular flexibility index (Phi) is 10.1. The van der Waals surface area contributed by atoms with E-state index >= 15 is 0 Å². The Balaban J connectivity index is 1.77. The molecule has 44 heavy (non-hydrogen) atoms. The molecule has 0 spiro atoms. The summed E-state index contributed by atoms with van der Waals surface area (Å²) < 4.78 is 23.9. The van der Waals surface area contributed by atoms with Crippen molar-refractivity contribution in [1.29, 1.82) is 0 Å². The predicted molar refractivity (Wildman–Crippen MR) is 175 cm³/mol. The summed E-state index contributed by atoms with van der Waals surface area (Å²) in [5.41, 5.74) is 4.38. The number of nitrogens with zero attached hydrogens (tertiary/aromatic N) is 1. The molecule has 1 heterocycles. The number of hydrazine groups is 1. The van der Waals surface area contributed by atoms with Crippen molar-refractivity contribution < 1.29 is 28.2 Å². The normalized spacial score (nSPS) is 14.7. The van der Waals surface area contributed by atoms with Crippen LogP contribution in [0.3, 0.4) is 0 Å². The molecule has 0 bridgehead atoms. The van der Waals surface area contributed by atoms with Crippen molar-refractivity contribution in [2.24, 2.45) is 0 Å². The highest BCUT2D eigenvalue weighted by atomic mass is 28.4. The van der Waals surface area contributed by atoms with E-state index in [-0.39, 0.29) is 17.2 Å². The fraction of sp³-hybridized carbons (Fsp3) is 0.412. The molecule has 9 nitrogen and oxygen atoms in total. The molecular weight excluding hydrogens is 574 g/mol. The molecule has 4 rings (SSSR count). The van der Waals surface area contributed by atoms with E-state index in [1.165, 1.54) is 5.01 Å². The number of ether oxygens (including phenoxy) is 3. The Bertz CT molecular complexity index is 1390. The van der Waals surface area contributed by atoms with Gasteiger partial charge in [-0.05, 0) is 61.2 Å². The van der Waals surface area contributed by atoms with Gasteiger partial charge in [-0.25, -0.2) is 20.0 Å². The molecule has 1 atom stereocenters. The van der Waals surface area contributed by atoms with Crippen LogP contribution in [-0.4, -0.2) is 57.4 Å². The Hall–Kier alpha value is -4.18. The van der Waals surface area contributed by atoms with Crippen LogP contribution in [0, 0.1) is 0 Å². The van der Waals surface area contributed by atoms with Crippen LogP contribution in [0.25, 0.3) is 0 Å². The number of amides is 2. The van der Waals surface area contributed by atoms with E-state index in [9.17, 15) is 9.59 Å². The highest BCUT2D eigenvalue weighted by Crippen LogP contribution is 2.42. The second kappa shape index (κ2) is 13.6. The molecule has 2 N–H and O–H groups in total. The molecule has 1 aliphatic heterocycles. The van der Waals surface area contributed by atoms with Crippen LogP contribution in [0.4, 0.5) is 15.3 Å². The first kappa shape index (κ1) is 32.7. The lowest BCUT2D eigenvalue weighted by atomic mass is 9.98. The zero-order chi connectivity index (χ0) is 32.1. The smallest absolute Gasteiger partial charge is 0.429 e. The average molecular weight is 620 g/mol. The number of carbonyl (C=O) groups excluding carboxylic acids is 2. The maximum atomic E-state index is 13.1. The number of fused-ring (bicyclic) bond motifs is 1. The van der Waals surface area contributed by atoms with Gasteiger partial charge in [0.2, 0.25) is 0 Å². The number of rotatable bonds is 8. The minimum atomic E-state index is -2.95. The second-order valence-corrected chi connectivity index (χ2v) is 16.8. The molecule has 2 amide bonds. The van der Waals surface area contributed by atoms with E-state index in [4.69, 9.17) is 18.6 Å². The van der Waals surface area contributed by atoms with Gasteiger partial charge in [0.25, 0.3) is 0 Å². The van der Waals surface area contributed by atoms with Crippen LogP contribution in [0.1, 0.15) is 54.0 Å². The van der Waals surface area contributed by atoms with Crippen LogP contribution in [0.5, 0.6) is 11.5 Å². The average Bonchev–Trinajstić information content (AvgIpc) is 2.97. The SMILES string of the molecule is COc1cc2c(cc1O[Si](c1ccccc1)(c1ccccc1)C(C)(C)C)C[C@@H](N(NC(=O)OC(C)C)C(=O)OC(C)C)CN2. The highest BCUT2D eigenvalue weighted by Gasteiger charge is 2.52. The van der Waals surface area contributed by atoms with Crippen LogP contribution >= 0.6 is 0 Å². The summed E-state index contributed by atoms with van der Waals surface area (Å²) in [7, 11) is -1.32. The van der Waals surface area contributed by atoms with Gasteiger partial charge in [-0.2, -0.15) is 0 Å². The first-order valence-electron chi connectivity index (χ1n) is 15.1. The van der Waals surface area contributed by atoms with Crippen LogP contribution in [0.15, 0.2) is 72.8 Å². The van der Waals surface area contributed by atoms with E-state index in [1.807, 2.05) is 24.3 Å². The van der Waals surface area contributed by atoms with E-state index in [0.29, 0.717) is 24.5 Å². The van der Waals surface area contributed by atoms with Gasteiger partial charge in [0, 0.05) is 18.3 Å². The molecule has 0 unspecified atom stereocenters. The summed E-state index contributed by atoms with van der Waals surface area (Å²) in [6.45, 7) is 14.1. The first-order valence-corrected chi connectivity index (χ1v) is 17.0. The third-order valence-electron chi connectivity index (χ3n) is 7.51. The summed E-state index contributed by atoms with van der Waals surface area (Å²) in [5.74, 6) is 1.23. The second-order valence-electron chi connectivity index (χ2n) is 12.5. The van der Waals surface area contributed by atoms with Crippen LogP contribution < -0.4 is 30.3 Å². The van der Waals surface area contributed by atoms with E-state index in [0.717, 1.165) is 21.6 Å². The van der Waals surface area contributed by atoms with Gasteiger partial charge in [-0.3, -0.25) is 0 Å². The Morgan fingerprint density at radius 3 is 1.95 bits per heavy atom. The first-order chi connectivity index (χ1) is 20.9. The highest BCUT2D eigenvalue weighted by molar-refractivity contribution is 7.00. The molecule has 0 aliphatic carbocycles. The lowest BCUT2D eigenvalue weighted by molar-refractivity contribution is 0.0327. The van der Waals surface area contributed by atoms with Crippen molar-refractivity contribution >= 4 is 36.6 Å². The predicted octanol–water partition coefficient (Wildman–Crippen LogP) is 5.87. The maximum Gasteiger partial charge on any atom is 0.429 e. The molecule has 0 aromatic heterocycles. The van der Waals surface area contributed by atoms with Gasteiger partial charge in [-0.1, -0.05) is 81.4 Å². The molecule has 10 heteroatoms. The monoisotopic (exact) mass is 619 g/mol. The zero-order valence-corrected chi connectivity index (χ0v) is 28.0. The molecule has 3 aromatic rings. The van der Waals surface area contributed by atoms with Crippen LogP contribution in [0.2, 0.25) is 5.04 Å². The van der Waals surface area contributed by atoms with Gasteiger partial charge in [-0.15, -0.1) is 0 Å². The quantitative estimate of drug-likeness (QED) is 0.241. The van der Waals surface area contributed by atoms with Crippen molar-refractivity contribution in [3.63, 3.8) is 0 Å². The van der Waals surface area contributed by atoms with Crippen molar-refractivity contribution in [1.82, 2.24) is 10.4 Å². The number of nitrogens with one attached hydrogen (secondary N) is 2. The molecule has 3 aromatic carbocycles. The number of methoxy groups -OCH3 is 1. The fourth-order valence-corrected chi connectivity index (χ4v) is 10.0. The van der Waals surface area contributed by atoms with E-state index in [2.05, 4.69) is 80.0 Å². The molecule has 0 saturated carbocycles. The topological polar surface area (TPSA) is 98.4 Å². The third kappa shape index (κ3) is 7.13. The van der Waals surface area contributed by atoms with Crippen LogP contribution in [-0.2, 0) is 15.9 Å². The van der Waals surface area contributed by atoms with Gasteiger partial charge in [0.1, 0.15) is 5.75 Å². The minimum Gasteiger partial charge on any atom is -0.531 e. The van der Waals surface area contributed by atoms with Crippen molar-refractivity contribution in [2.75, 3.05) is 19.0 Å². The largest absolute Gasteiger partial charge is 0.531 e. The van der Waals surface area contributed by atoms with Crippen molar-refractivity contribution in [2.45, 2.75) is 78.2 Å². The Morgan fingerprint density at radius 1 is 0.886 bits per heavy atom. The number of benzene rings is 3. The van der Waals surface area contributed by atoms with Gasteiger partial charge < -0.3 is 24.0 Å². The van der Waals surface area contributed by atoms with Gasteiger partial charge in [0.15, 0.2) is 5.75 Å². The summed E-state index contributed by atoms with van der Waals surface area (Å²) >= 11 is 0. The number of hydrogen-bond donors (Lipinski definition) is 2. The standard InChI is InChI=1S/C34H45N3O6Si/c1-23(2)41-32(38)36-37(33(39)42-24(3)4)26-19-25-20-31(30(40-8)21-29(25)35-22-26)43-44(34(5,6)7,27-15-11-9-12-16-27)28-17-13-10-14-18-28/h9-18,20-21,23-24,26,35H,19,22H2,1-8H3,(H,36,38)/t26-/m1/s1. The molecule has 0 radical (unpaired) electrons. The molecular formula is C34H45N3O6Si. The van der Waals surface area contributed by atoms with Crippen molar-refractivity contribution in [3.05, 3.63) is 78.4 Å². The molecule has 236 valence electrons. The molecule has 0 saturated heterocycles. The number of carbonyl (C=O) groups is 2. The zero-order valence-electron chi connectivity index (χ0n) is 27.0. The molecule has 1 aliphatic rings. The minimum absolute atomic E-state index is 0.254. The Morgan fingerprint density at radius 2 is 1.45 bits per heavy atom. The fourth-order valence-electron chi connectivity index (χ4n) is 5.61. The maximum absolute atomic E-state index is 13.1. The summed E-state index contributed by atoms with van der Waals surface area (Å²) in [5, 5.41) is 6.66. The Labute approximate surface area is 261 Å². The number of anilines is 1. The van der Waals surface area contributed by atoms with E-state index < -0.39 is 26.5 Å². The summed E-state index contributed by atoms with van der Waals surface area (Å²) in [6, 6.07) is 24.3. The number of hydrogen-bond acceptors (Lipinski definition) is 7. The van der Waals surface area contributed by atoms with Gasteiger partial charge >= 0.3 is 20.5 Å². The van der Waals surface area contributed by atoms with Crippen molar-refractivity contribution in [3.8, 4) is 11.5 Å². The summed E-state index contributed by atoms with van der Waals surface area (Å²) in [6.07, 6.45) is -1.67. The van der Waals surface area contributed by atoms with Gasteiger partial charge in [0.05, 0.1) is 25.4 Å². The third-order valence-corrected chi connectivity index (χ3v) is 12.4. The van der Waals surface area contributed by atoms with E-state index in [1.54, 1.807) is 34.8 Å². The summed E-state index contributed by atoms with van der Waals surface area (Å²) in [4.78, 5) is 25.7. The molecule has 0 fully saturated rings. The lowest BCUT2D eigenvalue weighted by Crippen LogP contribution is -2.68. The lowest BCUT2D eigenvalue weighted by Gasteiger charge is -2.43.